The van der Waals surface area contributed by atoms with Gasteiger partial charge in [-0.05, 0) is 38.5 Å². The number of benzene rings is 1. The highest BCUT2D eigenvalue weighted by atomic mass is 16.6. The summed E-state index contributed by atoms with van der Waals surface area (Å²) in [6.07, 6.45) is -1.24. The second kappa shape index (κ2) is 6.43. The van der Waals surface area contributed by atoms with Gasteiger partial charge >= 0.3 is 6.09 Å². The predicted molar refractivity (Wildman–Crippen MR) is 72.2 cm³/mol. The lowest BCUT2D eigenvalue weighted by molar-refractivity contribution is 0.0530. The van der Waals surface area contributed by atoms with Gasteiger partial charge in [0, 0.05) is 5.54 Å². The van der Waals surface area contributed by atoms with E-state index in [9.17, 15) is 9.90 Å². The molecule has 1 rings (SSSR count). The molecule has 19 heavy (non-hydrogen) atoms. The van der Waals surface area contributed by atoms with E-state index in [1.165, 1.54) is 0 Å². The molecule has 1 atom stereocenters. The maximum absolute atomic E-state index is 11.7. The zero-order valence-electron chi connectivity index (χ0n) is 11.8. The number of rotatable bonds is 4. The Hall–Kier alpha value is -1.75. The van der Waals surface area contributed by atoms with Crippen LogP contribution in [0.1, 0.15) is 32.4 Å². The van der Waals surface area contributed by atoms with Crippen molar-refractivity contribution in [2.45, 2.75) is 32.4 Å². The van der Waals surface area contributed by atoms with E-state index in [-0.39, 0.29) is 12.1 Å². The molecule has 2 N–H and O–H groups in total. The summed E-state index contributed by atoms with van der Waals surface area (Å²) in [7, 11) is 1.58. The van der Waals surface area contributed by atoms with Crippen molar-refractivity contribution in [1.29, 1.82) is 0 Å². The summed E-state index contributed by atoms with van der Waals surface area (Å²) in [5.74, 6) is 0.708. The Bertz CT molecular complexity index is 408. The lowest BCUT2D eigenvalue weighted by atomic mass is 10.1. The van der Waals surface area contributed by atoms with Gasteiger partial charge in [0.05, 0.1) is 13.7 Å². The topological polar surface area (TPSA) is 67.8 Å². The smallest absolute Gasteiger partial charge is 0.408 e. The third-order valence-corrected chi connectivity index (χ3v) is 2.38. The maximum atomic E-state index is 11.7. The molecule has 106 valence electrons. The molecular formula is C14H21NO4. The zero-order chi connectivity index (χ0) is 14.5. The van der Waals surface area contributed by atoms with Crippen molar-refractivity contribution in [2.24, 2.45) is 0 Å². The molecule has 0 bridgehead atoms. The zero-order valence-corrected chi connectivity index (χ0v) is 11.8. The lowest BCUT2D eigenvalue weighted by Crippen LogP contribution is -2.41. The fraction of sp³-hybridized carbons (Fsp3) is 0.500. The molecule has 0 heterocycles. The fourth-order valence-electron chi connectivity index (χ4n) is 1.49. The Kier molecular flexibility index (Phi) is 5.18. The molecule has 0 saturated carbocycles. The molecule has 0 spiro atoms. The number of hydrogen-bond acceptors (Lipinski definition) is 4. The van der Waals surface area contributed by atoms with Crippen LogP contribution in [0.5, 0.6) is 5.75 Å². The van der Waals surface area contributed by atoms with E-state index in [2.05, 4.69) is 5.32 Å². The average molecular weight is 267 g/mol. The molecule has 1 aromatic carbocycles. The monoisotopic (exact) mass is 267 g/mol. The molecule has 0 aliphatic rings. The lowest BCUT2D eigenvalue weighted by Gasteiger charge is -2.23. The summed E-state index contributed by atoms with van der Waals surface area (Å²) < 4.78 is 10.2. The van der Waals surface area contributed by atoms with Crippen LogP contribution in [0, 0.1) is 0 Å². The van der Waals surface area contributed by atoms with Gasteiger partial charge in [0.25, 0.3) is 0 Å². The number of nitrogens with one attached hydrogen (secondary N) is 1. The number of hydrogen-bond donors (Lipinski definition) is 2. The molecule has 1 aromatic rings. The summed E-state index contributed by atoms with van der Waals surface area (Å²) in [6, 6.07) is 7.01. The Morgan fingerprint density at radius 1 is 1.32 bits per heavy atom. The molecule has 0 aliphatic carbocycles. The highest BCUT2D eigenvalue weighted by Crippen LogP contribution is 2.20. The van der Waals surface area contributed by atoms with Gasteiger partial charge in [-0.15, -0.1) is 0 Å². The number of alkyl carbamates (subject to hydrolysis) is 1. The molecule has 0 fully saturated rings. The van der Waals surface area contributed by atoms with Gasteiger partial charge in [-0.3, -0.25) is 0 Å². The van der Waals surface area contributed by atoms with Crippen molar-refractivity contribution in [3.8, 4) is 5.75 Å². The molecule has 0 unspecified atom stereocenters. The first-order valence-electron chi connectivity index (χ1n) is 6.09. The highest BCUT2D eigenvalue weighted by molar-refractivity contribution is 5.68. The predicted octanol–water partition coefficient (Wildman–Crippen LogP) is 2.25. The van der Waals surface area contributed by atoms with E-state index in [4.69, 9.17) is 9.47 Å². The van der Waals surface area contributed by atoms with Crippen molar-refractivity contribution in [1.82, 2.24) is 5.32 Å². The Balaban J connectivity index is 2.69. The maximum Gasteiger partial charge on any atom is 0.408 e. The van der Waals surface area contributed by atoms with Gasteiger partial charge in [0.2, 0.25) is 0 Å². The van der Waals surface area contributed by atoms with E-state index < -0.39 is 12.2 Å². The Morgan fingerprint density at radius 2 is 1.89 bits per heavy atom. The van der Waals surface area contributed by atoms with E-state index in [0.29, 0.717) is 11.3 Å². The first-order valence-corrected chi connectivity index (χ1v) is 6.09. The van der Waals surface area contributed by atoms with Gasteiger partial charge in [-0.1, -0.05) is 12.1 Å². The van der Waals surface area contributed by atoms with Crippen LogP contribution < -0.4 is 10.1 Å². The summed E-state index contributed by atoms with van der Waals surface area (Å²) in [5.41, 5.74) is 0.337. The second-order valence-electron chi connectivity index (χ2n) is 5.22. The first-order chi connectivity index (χ1) is 8.85. The van der Waals surface area contributed by atoms with Gasteiger partial charge in [-0.25, -0.2) is 4.79 Å². The molecule has 0 saturated heterocycles. The van der Waals surface area contributed by atoms with Crippen molar-refractivity contribution in [3.63, 3.8) is 0 Å². The first kappa shape index (κ1) is 15.3. The van der Waals surface area contributed by atoms with Crippen LogP contribution in [0.3, 0.4) is 0 Å². The molecule has 1 amide bonds. The van der Waals surface area contributed by atoms with Gasteiger partial charge in [0.1, 0.15) is 5.75 Å². The minimum absolute atomic E-state index is 0.274. The minimum Gasteiger partial charge on any atom is -0.497 e. The largest absolute Gasteiger partial charge is 0.497 e. The van der Waals surface area contributed by atoms with Crippen molar-refractivity contribution in [2.75, 3.05) is 13.7 Å². The third kappa shape index (κ3) is 5.18. The quantitative estimate of drug-likeness (QED) is 0.878. The minimum atomic E-state index is -0.687. The van der Waals surface area contributed by atoms with Crippen LogP contribution in [0.2, 0.25) is 0 Å². The summed E-state index contributed by atoms with van der Waals surface area (Å²) in [5, 5.41) is 12.0. The van der Waals surface area contributed by atoms with Gasteiger partial charge in [-0.2, -0.15) is 0 Å². The third-order valence-electron chi connectivity index (χ3n) is 2.38. The SMILES string of the molecule is COc1ccc([C@@H](CO)OC(=O)NC(C)(C)C)cc1. The number of carbonyl (C=O) groups excluding carboxylic acids is 1. The van der Waals surface area contributed by atoms with Crippen LogP contribution in [-0.2, 0) is 4.74 Å². The average Bonchev–Trinajstić information content (AvgIpc) is 2.34. The van der Waals surface area contributed by atoms with E-state index in [0.717, 1.165) is 0 Å². The number of carbonyl (C=O) groups is 1. The van der Waals surface area contributed by atoms with E-state index in [1.54, 1.807) is 31.4 Å². The van der Waals surface area contributed by atoms with Crippen molar-refractivity contribution in [3.05, 3.63) is 29.8 Å². The van der Waals surface area contributed by atoms with E-state index in [1.807, 2.05) is 20.8 Å². The molecule has 0 aliphatic heterocycles. The summed E-state index contributed by atoms with van der Waals surface area (Å²) in [6.45, 7) is 5.30. The highest BCUT2D eigenvalue weighted by Gasteiger charge is 2.20. The van der Waals surface area contributed by atoms with Crippen LogP contribution in [0.4, 0.5) is 4.79 Å². The summed E-state index contributed by atoms with van der Waals surface area (Å²) >= 11 is 0. The molecular weight excluding hydrogens is 246 g/mol. The second-order valence-corrected chi connectivity index (χ2v) is 5.22. The Labute approximate surface area is 113 Å². The van der Waals surface area contributed by atoms with Crippen molar-refractivity contribution < 1.29 is 19.4 Å². The molecule has 0 radical (unpaired) electrons. The fourth-order valence-corrected chi connectivity index (χ4v) is 1.49. The number of aliphatic hydroxyl groups excluding tert-OH is 1. The normalized spacial score (nSPS) is 12.7. The number of ether oxygens (including phenoxy) is 2. The van der Waals surface area contributed by atoms with Crippen LogP contribution in [-0.4, -0.2) is 30.5 Å². The van der Waals surface area contributed by atoms with E-state index >= 15 is 0 Å². The summed E-state index contributed by atoms with van der Waals surface area (Å²) in [4.78, 5) is 11.7. The molecule has 0 aromatic heterocycles. The van der Waals surface area contributed by atoms with Gasteiger partial charge in [0.15, 0.2) is 6.10 Å². The van der Waals surface area contributed by atoms with Crippen LogP contribution in [0.25, 0.3) is 0 Å². The number of amides is 1. The molecule has 5 heteroatoms. The van der Waals surface area contributed by atoms with Gasteiger partial charge < -0.3 is 19.9 Å². The standard InChI is InChI=1S/C14H21NO4/c1-14(2,3)15-13(17)19-12(9-16)10-5-7-11(18-4)8-6-10/h5-8,12,16H,9H2,1-4H3,(H,15,17)/t12-/m1/s1. The van der Waals surface area contributed by atoms with Crippen LogP contribution >= 0.6 is 0 Å². The number of methoxy groups -OCH3 is 1. The van der Waals surface area contributed by atoms with Crippen LogP contribution in [0.15, 0.2) is 24.3 Å². The van der Waals surface area contributed by atoms with Crippen molar-refractivity contribution >= 4 is 6.09 Å². The molecule has 5 nitrogen and oxygen atoms in total. The number of aliphatic hydroxyl groups is 1. The Morgan fingerprint density at radius 3 is 2.32 bits per heavy atom.